The third kappa shape index (κ3) is 3.86. The van der Waals surface area contributed by atoms with Crippen LogP contribution in [0.2, 0.25) is 0 Å². The molecule has 0 bridgehead atoms. The number of hydrogen-bond donors (Lipinski definition) is 1. The second-order valence-corrected chi connectivity index (χ2v) is 10.00. The van der Waals surface area contributed by atoms with E-state index in [2.05, 4.69) is 24.8 Å². The van der Waals surface area contributed by atoms with Crippen molar-refractivity contribution >= 4 is 22.9 Å². The van der Waals surface area contributed by atoms with Crippen molar-refractivity contribution in [3.8, 4) is 0 Å². The van der Waals surface area contributed by atoms with Gasteiger partial charge >= 0.3 is 5.69 Å². The molecule has 1 N–H and O–H groups in total. The number of H-pyrrole nitrogens is 1. The van der Waals surface area contributed by atoms with E-state index in [4.69, 9.17) is 0 Å². The van der Waals surface area contributed by atoms with Crippen molar-refractivity contribution in [2.45, 2.75) is 51.0 Å². The van der Waals surface area contributed by atoms with Crippen molar-refractivity contribution in [3.63, 3.8) is 0 Å². The molecule has 6 rings (SSSR count). The predicted octanol–water partition coefficient (Wildman–Crippen LogP) is 3.01. The maximum absolute atomic E-state index is 13.2. The van der Waals surface area contributed by atoms with Gasteiger partial charge in [0, 0.05) is 44.5 Å². The van der Waals surface area contributed by atoms with Crippen LogP contribution in [-0.4, -0.2) is 61.5 Å². The number of carbonyl (C=O) groups excluding carboxylic acids is 1. The molecular formula is C25H31N7O2. The lowest BCUT2D eigenvalue weighted by molar-refractivity contribution is 0.0515. The minimum atomic E-state index is -0.108. The van der Waals surface area contributed by atoms with Crippen molar-refractivity contribution in [1.29, 1.82) is 0 Å². The molecule has 3 aliphatic rings. The third-order valence-electron chi connectivity index (χ3n) is 8.09. The van der Waals surface area contributed by atoms with Crippen molar-refractivity contribution < 1.29 is 4.79 Å². The first-order valence-electron chi connectivity index (χ1n) is 12.6. The van der Waals surface area contributed by atoms with Gasteiger partial charge in [0.2, 0.25) is 0 Å². The highest BCUT2D eigenvalue weighted by atomic mass is 16.2. The van der Waals surface area contributed by atoms with Crippen molar-refractivity contribution in [1.82, 2.24) is 29.4 Å². The first-order valence-corrected chi connectivity index (χ1v) is 12.6. The Labute approximate surface area is 198 Å². The van der Waals surface area contributed by atoms with Gasteiger partial charge in [-0.05, 0) is 49.7 Å². The van der Waals surface area contributed by atoms with E-state index in [9.17, 15) is 9.59 Å². The van der Waals surface area contributed by atoms with E-state index in [1.807, 2.05) is 27.7 Å². The molecule has 2 aliphatic heterocycles. The van der Waals surface area contributed by atoms with Crippen LogP contribution < -0.4 is 10.6 Å². The largest absolute Gasteiger partial charge is 0.356 e. The van der Waals surface area contributed by atoms with E-state index in [1.54, 1.807) is 6.20 Å². The number of piperidine rings is 2. The topological polar surface area (TPSA) is 100 Å². The Kier molecular flexibility index (Phi) is 5.55. The van der Waals surface area contributed by atoms with Gasteiger partial charge in [-0.3, -0.25) is 14.3 Å². The summed E-state index contributed by atoms with van der Waals surface area (Å²) in [6.07, 6.45) is 11.2. The van der Waals surface area contributed by atoms with Crippen LogP contribution in [-0.2, 0) is 0 Å². The quantitative estimate of drug-likeness (QED) is 0.644. The Morgan fingerprint density at radius 3 is 2.65 bits per heavy atom. The minimum Gasteiger partial charge on any atom is -0.356 e. The number of rotatable bonds is 3. The summed E-state index contributed by atoms with van der Waals surface area (Å²) in [5.74, 6) is 2.26. The highest BCUT2D eigenvalue weighted by Gasteiger charge is 2.34. The van der Waals surface area contributed by atoms with Crippen molar-refractivity contribution in [2.24, 2.45) is 11.8 Å². The van der Waals surface area contributed by atoms with Crippen molar-refractivity contribution in [2.75, 3.05) is 31.1 Å². The SMILES string of the molecule is O=C(c1cc(N2CCC(n3c(=O)[nH]c4ncccc43)CC2)ncn1)N1CCC2CCCCC2C1. The van der Waals surface area contributed by atoms with E-state index in [-0.39, 0.29) is 17.6 Å². The number of aromatic nitrogens is 5. The van der Waals surface area contributed by atoms with Crippen LogP contribution in [0.5, 0.6) is 0 Å². The fourth-order valence-corrected chi connectivity index (χ4v) is 6.26. The van der Waals surface area contributed by atoms with E-state index in [1.165, 1.54) is 32.0 Å². The Balaban J connectivity index is 1.14. The molecule has 1 aliphatic carbocycles. The minimum absolute atomic E-state index is 0.0282. The summed E-state index contributed by atoms with van der Waals surface area (Å²) in [4.78, 5) is 45.9. The maximum atomic E-state index is 13.2. The Bertz CT molecular complexity index is 1240. The lowest BCUT2D eigenvalue weighted by Crippen LogP contribution is -2.45. The number of hydrogen-bond acceptors (Lipinski definition) is 6. The lowest BCUT2D eigenvalue weighted by Gasteiger charge is -2.41. The number of nitrogens with zero attached hydrogens (tertiary/aromatic N) is 6. The van der Waals surface area contributed by atoms with E-state index in [0.29, 0.717) is 17.3 Å². The molecule has 2 unspecified atom stereocenters. The number of fused-ring (bicyclic) bond motifs is 2. The lowest BCUT2D eigenvalue weighted by atomic mass is 9.75. The molecule has 0 radical (unpaired) electrons. The predicted molar refractivity (Wildman–Crippen MR) is 129 cm³/mol. The normalized spacial score (nSPS) is 23.8. The van der Waals surface area contributed by atoms with Crippen LogP contribution in [0.4, 0.5) is 5.82 Å². The number of pyridine rings is 1. The van der Waals surface area contributed by atoms with Gasteiger partial charge < -0.3 is 9.80 Å². The average Bonchev–Trinajstić information content (AvgIpc) is 3.23. The first kappa shape index (κ1) is 21.3. The third-order valence-corrected chi connectivity index (χ3v) is 8.09. The van der Waals surface area contributed by atoms with Gasteiger partial charge in [0.25, 0.3) is 5.91 Å². The van der Waals surface area contributed by atoms with Gasteiger partial charge in [-0.25, -0.2) is 19.7 Å². The highest BCUT2D eigenvalue weighted by molar-refractivity contribution is 5.93. The second-order valence-electron chi connectivity index (χ2n) is 10.00. The summed E-state index contributed by atoms with van der Waals surface area (Å²) >= 11 is 0. The van der Waals surface area contributed by atoms with Gasteiger partial charge in [0.1, 0.15) is 17.8 Å². The number of anilines is 1. The molecule has 1 amide bonds. The number of amides is 1. The second kappa shape index (κ2) is 8.85. The number of aromatic amines is 1. The van der Waals surface area contributed by atoms with Crippen LogP contribution in [0.15, 0.2) is 35.5 Å². The van der Waals surface area contributed by atoms with Gasteiger partial charge in [0.05, 0.1) is 5.52 Å². The number of imidazole rings is 1. The smallest absolute Gasteiger partial charge is 0.327 e. The Morgan fingerprint density at radius 2 is 1.79 bits per heavy atom. The van der Waals surface area contributed by atoms with Gasteiger partial charge in [-0.15, -0.1) is 0 Å². The summed E-state index contributed by atoms with van der Waals surface area (Å²) < 4.78 is 1.84. The molecule has 9 nitrogen and oxygen atoms in total. The Morgan fingerprint density at radius 1 is 0.971 bits per heavy atom. The van der Waals surface area contributed by atoms with Crippen LogP contribution in [0.25, 0.3) is 11.2 Å². The highest BCUT2D eigenvalue weighted by Crippen LogP contribution is 2.36. The zero-order valence-corrected chi connectivity index (χ0v) is 19.4. The van der Waals surface area contributed by atoms with Gasteiger partial charge in [-0.2, -0.15) is 0 Å². The fourth-order valence-electron chi connectivity index (χ4n) is 6.26. The molecule has 178 valence electrons. The van der Waals surface area contributed by atoms with E-state index < -0.39 is 0 Å². The molecule has 9 heteroatoms. The average molecular weight is 462 g/mol. The monoisotopic (exact) mass is 461 g/mol. The zero-order valence-electron chi connectivity index (χ0n) is 19.4. The summed E-state index contributed by atoms with van der Waals surface area (Å²) in [5, 5.41) is 0. The molecule has 0 aromatic carbocycles. The molecule has 0 spiro atoms. The van der Waals surface area contributed by atoms with E-state index >= 15 is 0 Å². The van der Waals surface area contributed by atoms with Crippen LogP contribution in [0.3, 0.4) is 0 Å². The number of likely N-dealkylation sites (tertiary alicyclic amines) is 1. The molecule has 3 aromatic heterocycles. The van der Waals surface area contributed by atoms with E-state index in [0.717, 1.165) is 62.7 Å². The molecule has 1 saturated carbocycles. The fraction of sp³-hybridized carbons (Fsp3) is 0.560. The Hall–Kier alpha value is -3.23. The standard InChI is InChI=1S/C25H31N7O2/c33-24(31-11-7-17-4-1-2-5-18(17)15-31)20-14-22(28-16-27-20)30-12-8-19(9-13-30)32-21-6-3-10-26-23(21)29-25(32)34/h3,6,10,14,16-19H,1-2,4-5,7-9,11-13,15H2,(H,26,29,34). The molecule has 2 saturated heterocycles. The first-order chi connectivity index (χ1) is 16.7. The number of carbonyl (C=O) groups is 1. The maximum Gasteiger partial charge on any atom is 0.327 e. The van der Waals surface area contributed by atoms with Crippen LogP contribution >= 0.6 is 0 Å². The molecule has 3 aromatic rings. The molecular weight excluding hydrogens is 430 g/mol. The van der Waals surface area contributed by atoms with Gasteiger partial charge in [0.15, 0.2) is 5.65 Å². The van der Waals surface area contributed by atoms with Crippen LogP contribution in [0, 0.1) is 11.8 Å². The summed E-state index contributed by atoms with van der Waals surface area (Å²) in [6, 6.07) is 5.75. The molecule has 5 heterocycles. The van der Waals surface area contributed by atoms with Gasteiger partial charge in [-0.1, -0.05) is 19.3 Å². The number of nitrogens with one attached hydrogen (secondary N) is 1. The summed E-state index contributed by atoms with van der Waals surface area (Å²) in [5.41, 5.74) is 1.86. The summed E-state index contributed by atoms with van der Waals surface area (Å²) in [7, 11) is 0. The molecule has 2 atom stereocenters. The molecule has 3 fully saturated rings. The zero-order chi connectivity index (χ0) is 23.1. The summed E-state index contributed by atoms with van der Waals surface area (Å²) in [6.45, 7) is 3.23. The van der Waals surface area contributed by atoms with Crippen LogP contribution in [0.1, 0.15) is 61.5 Å². The van der Waals surface area contributed by atoms with Crippen molar-refractivity contribution in [3.05, 3.63) is 46.9 Å². The molecule has 34 heavy (non-hydrogen) atoms.